The van der Waals surface area contributed by atoms with Gasteiger partial charge >= 0.3 is 0 Å². The maximum atomic E-state index is 16.0. The van der Waals surface area contributed by atoms with Crippen LogP contribution in [-0.2, 0) is 0 Å². The minimum atomic E-state index is -0.618. The fourth-order valence-electron chi connectivity index (χ4n) is 21.3. The molecular formula is C107H103N5O10. The topological polar surface area (TPSA) is 192 Å². The first-order valence-electron chi connectivity index (χ1n) is 45.5. The Balaban J connectivity index is 0.680. The SMILES string of the molecule is CCCCCCC(CCCCCC)N1C(=O)c2ccc3c4ccc5c6c(ccc(c7ccc(c2c37)C1=O)c64)C(=O)N(c1ccc(C#CC#Cc2ccc(-n3c(=O)c4c6cc7c(=O)n(C(CCCCCC)CCCCCC)c(=O)c8ccc9c%10ccc%11c(=O)n(C(CCCCCC)CCCCCC)c(=O)c%12cc(c4c3=O)c(c%10c%11%12)c6c9c87)cc2)cc1)C5=O. The zero-order chi connectivity index (χ0) is 84.5. The van der Waals surface area contributed by atoms with Crippen molar-refractivity contribution >= 4 is 159 Å². The molecule has 5 heterocycles. The molecule has 0 unspecified atom stereocenters. The van der Waals surface area contributed by atoms with Crippen LogP contribution in [0.5, 0.6) is 0 Å². The lowest BCUT2D eigenvalue weighted by atomic mass is 9.81. The summed E-state index contributed by atoms with van der Waals surface area (Å²) in [6.45, 7) is 13.0. The number of anilines is 1. The molecule has 0 atom stereocenters. The standard InChI is InChI=1S/C107H103N5O10/c1-7-13-19-25-35-65(36-26-20-14-8-2)108-98(113)76-55-49-70-72-51-57-78-89-79(58-52-73(87(72)89)71-50-56-77(99(108)114)88(76)86(70)71)101(116)111(100(78)115)68-45-41-63(42-46-68)33-31-32-34-64-43-47-69(48-44-64)112-106(121)96-82-61-84-90-80(102(117)109(104(84)119)66(37-27-21-15-9-3)38-28-22-16-10-4)59-53-74-75-54-60-81-91-85(62-83(97(96)107(112)122)95(93(75)91)94(82)92(74)90)105(120)110(103(81)118)67(39-29-23-17-11-5)40-30-24-18-12-6/h41-62,65-67H,7-30,35-40H2,1-6H3. The highest BCUT2D eigenvalue weighted by atomic mass is 16.2. The first kappa shape index (κ1) is 80.8. The third kappa shape index (κ3) is 13.2. The van der Waals surface area contributed by atoms with Crippen molar-refractivity contribution in [2.24, 2.45) is 0 Å². The van der Waals surface area contributed by atoms with E-state index in [1.165, 1.54) is 14.0 Å². The summed E-state index contributed by atoms with van der Waals surface area (Å²) in [5, 5.41) is 13.2. The molecule has 0 saturated carbocycles. The van der Waals surface area contributed by atoms with E-state index in [9.17, 15) is 19.2 Å². The Labute approximate surface area is 707 Å². The molecule has 0 bridgehead atoms. The van der Waals surface area contributed by atoms with Gasteiger partial charge in [-0.05, 0) is 223 Å². The van der Waals surface area contributed by atoms with Crippen LogP contribution < -0.4 is 38.3 Å². The zero-order valence-electron chi connectivity index (χ0n) is 71.0. The number of pyridine rings is 2. The summed E-state index contributed by atoms with van der Waals surface area (Å²) in [6.07, 6.45) is 28.3. The lowest BCUT2D eigenvalue weighted by molar-refractivity contribution is 0.0516. The van der Waals surface area contributed by atoms with Crippen molar-refractivity contribution in [3.63, 3.8) is 0 Å². The maximum absolute atomic E-state index is 16.0. The average molecular weight is 1620 g/mol. The van der Waals surface area contributed by atoms with Crippen molar-refractivity contribution in [2.45, 2.75) is 252 Å². The Hall–Kier alpha value is -12.2. The zero-order valence-corrected chi connectivity index (χ0v) is 71.0. The van der Waals surface area contributed by atoms with E-state index in [1.807, 2.05) is 60.7 Å². The van der Waals surface area contributed by atoms with Gasteiger partial charge in [-0.25, -0.2) is 9.47 Å². The Morgan fingerprint density at radius 2 is 0.516 bits per heavy atom. The van der Waals surface area contributed by atoms with E-state index in [1.54, 1.807) is 77.7 Å². The van der Waals surface area contributed by atoms with Crippen LogP contribution in [-0.4, -0.2) is 48.3 Å². The summed E-state index contributed by atoms with van der Waals surface area (Å²) in [5.41, 5.74) is 0.697. The van der Waals surface area contributed by atoms with E-state index in [2.05, 4.69) is 65.2 Å². The molecule has 16 aromatic rings. The van der Waals surface area contributed by atoms with Crippen molar-refractivity contribution in [2.75, 3.05) is 4.90 Å². The van der Waals surface area contributed by atoms with Gasteiger partial charge in [-0.2, -0.15) is 0 Å². The van der Waals surface area contributed by atoms with E-state index in [0.29, 0.717) is 140 Å². The van der Waals surface area contributed by atoms with E-state index in [4.69, 9.17) is 0 Å². The summed E-state index contributed by atoms with van der Waals surface area (Å²) >= 11 is 0. The van der Waals surface area contributed by atoms with Gasteiger partial charge in [-0.15, -0.1) is 0 Å². The smallest absolute Gasteiger partial charge is 0.266 e. The monoisotopic (exact) mass is 1620 g/mol. The number of imide groups is 2. The molecule has 3 aromatic heterocycles. The van der Waals surface area contributed by atoms with Crippen molar-refractivity contribution in [1.29, 1.82) is 0 Å². The second-order valence-electron chi connectivity index (χ2n) is 34.9. The molecule has 18 rings (SSSR count). The molecule has 0 radical (unpaired) electrons. The summed E-state index contributed by atoms with van der Waals surface area (Å²) in [4.78, 5) is 156. The van der Waals surface area contributed by atoms with Gasteiger partial charge in [0.2, 0.25) is 0 Å². The average Bonchev–Trinajstić information content (AvgIpc) is 1.15. The van der Waals surface area contributed by atoms with Crippen LogP contribution in [0.25, 0.3) is 135 Å². The van der Waals surface area contributed by atoms with Gasteiger partial charge in [-0.1, -0.05) is 244 Å². The van der Waals surface area contributed by atoms with Gasteiger partial charge in [0.25, 0.3) is 57.0 Å². The number of benzene rings is 13. The van der Waals surface area contributed by atoms with Gasteiger partial charge in [-0.3, -0.25) is 62.0 Å². The molecule has 0 fully saturated rings. The van der Waals surface area contributed by atoms with Crippen LogP contribution >= 0.6 is 0 Å². The van der Waals surface area contributed by atoms with Gasteiger partial charge in [0.05, 0.1) is 22.1 Å². The minimum absolute atomic E-state index is 0.0877. The lowest BCUT2D eigenvalue weighted by Crippen LogP contribution is -2.47. The molecule has 0 saturated heterocycles. The second-order valence-corrected chi connectivity index (χ2v) is 34.9. The summed E-state index contributed by atoms with van der Waals surface area (Å²) in [6, 6.07) is 38.7. The molecule has 0 N–H and O–H groups in total. The molecule has 13 aromatic carbocycles. The summed E-state index contributed by atoms with van der Waals surface area (Å²) in [7, 11) is 0. The maximum Gasteiger partial charge on any atom is 0.266 e. The van der Waals surface area contributed by atoms with Crippen molar-refractivity contribution in [3.8, 4) is 29.4 Å². The molecule has 616 valence electrons. The third-order valence-corrected chi connectivity index (χ3v) is 27.4. The highest BCUT2D eigenvalue weighted by molar-refractivity contribution is 6.49. The highest BCUT2D eigenvalue weighted by Gasteiger charge is 2.41. The molecule has 0 spiro atoms. The predicted octanol–water partition coefficient (Wildman–Crippen LogP) is 23.8. The van der Waals surface area contributed by atoms with Gasteiger partial charge < -0.3 is 0 Å². The second kappa shape index (κ2) is 33.7. The minimum Gasteiger partial charge on any atom is -0.271 e. The van der Waals surface area contributed by atoms with Gasteiger partial charge in [0.15, 0.2) is 0 Å². The lowest BCUT2D eigenvalue weighted by Gasteiger charge is -2.35. The highest BCUT2D eigenvalue weighted by Crippen LogP contribution is 2.52. The van der Waals surface area contributed by atoms with Crippen LogP contribution in [0.2, 0.25) is 0 Å². The molecule has 15 nitrogen and oxygen atoms in total. The number of carbonyl (C=O) groups is 4. The number of rotatable bonds is 35. The number of fused-ring (bicyclic) bond motifs is 6. The first-order chi connectivity index (χ1) is 59.6. The van der Waals surface area contributed by atoms with Crippen molar-refractivity contribution < 1.29 is 19.2 Å². The quantitative estimate of drug-likeness (QED) is 0.0121. The molecule has 2 aliphatic rings. The number of carbonyl (C=O) groups excluding carboxylic acids is 4. The molecule has 2 aliphatic heterocycles. The number of unbranched alkanes of at least 4 members (excludes halogenated alkanes) is 18. The summed E-state index contributed by atoms with van der Waals surface area (Å²) < 4.78 is 4.14. The van der Waals surface area contributed by atoms with Crippen LogP contribution in [0.15, 0.2) is 162 Å². The fraction of sp³-hybridized carbons (Fsp3) is 0.364. The third-order valence-electron chi connectivity index (χ3n) is 27.4. The molecular weight excluding hydrogens is 1520 g/mol. The van der Waals surface area contributed by atoms with Crippen LogP contribution in [0.4, 0.5) is 5.69 Å². The van der Waals surface area contributed by atoms with Crippen molar-refractivity contribution in [1.82, 2.24) is 18.6 Å². The van der Waals surface area contributed by atoms with Gasteiger partial charge in [0.1, 0.15) is 0 Å². The number of amides is 4. The predicted molar refractivity (Wildman–Crippen MR) is 499 cm³/mol. The molecule has 122 heavy (non-hydrogen) atoms. The molecule has 4 amide bonds. The Bertz CT molecular complexity index is 7010. The number of hydrogen-bond acceptors (Lipinski definition) is 10. The van der Waals surface area contributed by atoms with E-state index >= 15 is 28.8 Å². The van der Waals surface area contributed by atoms with E-state index in [0.717, 1.165) is 204 Å². The number of nitrogens with zero attached hydrogens (tertiary/aromatic N) is 5. The fourth-order valence-corrected chi connectivity index (χ4v) is 21.3. The number of hydrogen-bond donors (Lipinski definition) is 0. The van der Waals surface area contributed by atoms with Crippen molar-refractivity contribution in [3.05, 3.63) is 229 Å². The molecule has 15 heteroatoms. The molecule has 0 aliphatic carbocycles. The number of aromatic nitrogens is 3. The van der Waals surface area contributed by atoms with Crippen LogP contribution in [0, 0.1) is 23.7 Å². The Morgan fingerprint density at radius 3 is 0.861 bits per heavy atom. The Kier molecular flexibility index (Phi) is 22.3. The Morgan fingerprint density at radius 1 is 0.238 bits per heavy atom. The summed E-state index contributed by atoms with van der Waals surface area (Å²) in [5.74, 6) is 10.6. The van der Waals surface area contributed by atoms with Gasteiger partial charge in [0, 0.05) is 94.6 Å². The van der Waals surface area contributed by atoms with E-state index in [-0.39, 0.29) is 68.3 Å². The normalized spacial score (nSPS) is 13.3. The van der Waals surface area contributed by atoms with E-state index < -0.39 is 34.1 Å². The van der Waals surface area contributed by atoms with Crippen LogP contribution in [0.3, 0.4) is 0 Å². The largest absolute Gasteiger partial charge is 0.271 e. The first-order valence-corrected chi connectivity index (χ1v) is 45.5. The van der Waals surface area contributed by atoms with Crippen LogP contribution in [0.1, 0.15) is 299 Å².